The Hall–Kier alpha value is -0.770. The van der Waals surface area contributed by atoms with E-state index in [0.717, 1.165) is 19.3 Å². The molecule has 1 heterocycles. The van der Waals surface area contributed by atoms with Crippen molar-refractivity contribution in [3.8, 4) is 0 Å². The van der Waals surface area contributed by atoms with Crippen LogP contribution in [0, 0.1) is 0 Å². The Morgan fingerprint density at radius 2 is 1.52 bits per heavy atom. The van der Waals surface area contributed by atoms with E-state index in [1.807, 2.05) is 0 Å². The summed E-state index contributed by atoms with van der Waals surface area (Å²) in [5.41, 5.74) is 0. The van der Waals surface area contributed by atoms with Crippen LogP contribution in [0.3, 0.4) is 0 Å². The minimum atomic E-state index is -1.37. The summed E-state index contributed by atoms with van der Waals surface area (Å²) in [4.78, 5) is 15.6. The number of Topliss-reactive ketones (excluding diaryl/α,β-unsaturated/α-hetero) is 1. The van der Waals surface area contributed by atoms with Gasteiger partial charge in [-0.05, 0) is 6.42 Å². The van der Waals surface area contributed by atoms with Gasteiger partial charge in [-0.15, -0.1) is 11.3 Å². The first-order valence-corrected chi connectivity index (χ1v) is 10.2. The van der Waals surface area contributed by atoms with Gasteiger partial charge >= 0.3 is 0 Å². The summed E-state index contributed by atoms with van der Waals surface area (Å²) < 4.78 is 13.8. The molecule has 0 N–H and O–H groups in total. The Balaban J connectivity index is 1.87. The van der Waals surface area contributed by atoms with E-state index in [-0.39, 0.29) is 0 Å². The summed E-state index contributed by atoms with van der Waals surface area (Å²) in [6, 6.07) is 0. The highest BCUT2D eigenvalue weighted by atomic mass is 32.1. The van der Waals surface area contributed by atoms with Gasteiger partial charge < -0.3 is 0 Å². The fourth-order valence-corrected chi connectivity index (χ4v) is 3.39. The molecular weight excluding hydrogens is 309 g/mol. The van der Waals surface area contributed by atoms with Crippen LogP contribution in [0.2, 0.25) is 0 Å². The van der Waals surface area contributed by atoms with Crippen LogP contribution in [0.15, 0.2) is 11.6 Å². The third-order valence-corrected chi connectivity index (χ3v) is 5.03. The summed E-state index contributed by atoms with van der Waals surface area (Å²) in [6.07, 6.45) is 15.6. The van der Waals surface area contributed by atoms with E-state index in [9.17, 15) is 9.18 Å². The standard InChI is InChI=1S/C19H32FNOS/c1-2-3-4-5-6-7-8-9-10-11-12-13-14-17(20)18(22)19-21-15-16-23-19/h15-17H,2-14H2,1H3. The Kier molecular flexibility index (Phi) is 12.0. The number of carbonyl (C=O) groups is 1. The van der Waals surface area contributed by atoms with E-state index < -0.39 is 12.0 Å². The van der Waals surface area contributed by atoms with E-state index in [0.29, 0.717) is 11.4 Å². The predicted octanol–water partition coefficient (Wildman–Crippen LogP) is 6.76. The van der Waals surface area contributed by atoms with Gasteiger partial charge in [0.1, 0.15) is 0 Å². The number of aromatic nitrogens is 1. The molecular formula is C19H32FNOS. The fraction of sp³-hybridized carbons (Fsp3) is 0.789. The van der Waals surface area contributed by atoms with Crippen molar-refractivity contribution in [3.63, 3.8) is 0 Å². The molecule has 0 saturated heterocycles. The van der Waals surface area contributed by atoms with Crippen LogP contribution >= 0.6 is 11.3 Å². The summed E-state index contributed by atoms with van der Waals surface area (Å²) in [6.45, 7) is 2.25. The molecule has 1 aromatic rings. The summed E-state index contributed by atoms with van der Waals surface area (Å²) >= 11 is 1.22. The van der Waals surface area contributed by atoms with E-state index in [2.05, 4.69) is 11.9 Å². The Bertz CT molecular complexity index is 394. The van der Waals surface area contributed by atoms with Crippen molar-refractivity contribution in [2.45, 2.75) is 96.6 Å². The van der Waals surface area contributed by atoms with Crippen LogP contribution in [0.25, 0.3) is 0 Å². The number of thiazole rings is 1. The van der Waals surface area contributed by atoms with Crippen LogP contribution < -0.4 is 0 Å². The molecule has 0 aromatic carbocycles. The quantitative estimate of drug-likeness (QED) is 0.261. The SMILES string of the molecule is CCCCCCCCCCCCCCC(F)C(=O)c1nccs1. The smallest absolute Gasteiger partial charge is 0.225 e. The first-order chi connectivity index (χ1) is 11.3. The highest BCUT2D eigenvalue weighted by Crippen LogP contribution is 2.16. The lowest BCUT2D eigenvalue weighted by atomic mass is 10.0. The third-order valence-electron chi connectivity index (χ3n) is 4.24. The molecule has 0 amide bonds. The molecule has 132 valence electrons. The molecule has 0 aliphatic rings. The van der Waals surface area contributed by atoms with Gasteiger partial charge in [-0.25, -0.2) is 9.37 Å². The number of hydrogen-bond donors (Lipinski definition) is 0. The van der Waals surface area contributed by atoms with E-state index in [4.69, 9.17) is 0 Å². The van der Waals surface area contributed by atoms with E-state index in [1.54, 1.807) is 11.6 Å². The Morgan fingerprint density at radius 1 is 1.00 bits per heavy atom. The van der Waals surface area contributed by atoms with Gasteiger partial charge in [0.05, 0.1) is 0 Å². The number of nitrogens with zero attached hydrogens (tertiary/aromatic N) is 1. The molecule has 0 saturated carbocycles. The largest absolute Gasteiger partial charge is 0.288 e. The molecule has 1 atom stereocenters. The lowest BCUT2D eigenvalue weighted by molar-refractivity contribution is 0.0866. The lowest BCUT2D eigenvalue weighted by Gasteiger charge is -2.05. The topological polar surface area (TPSA) is 30.0 Å². The van der Waals surface area contributed by atoms with Gasteiger partial charge in [0.15, 0.2) is 11.2 Å². The maximum absolute atomic E-state index is 13.8. The maximum atomic E-state index is 13.8. The van der Waals surface area contributed by atoms with Crippen LogP contribution in [-0.4, -0.2) is 16.9 Å². The first kappa shape index (κ1) is 20.3. The minimum Gasteiger partial charge on any atom is -0.288 e. The second-order valence-corrected chi connectivity index (χ2v) is 7.24. The monoisotopic (exact) mass is 341 g/mol. The number of unbranched alkanes of at least 4 members (excludes halogenated alkanes) is 11. The molecule has 1 rings (SSSR count). The zero-order valence-corrected chi connectivity index (χ0v) is 15.4. The van der Waals surface area contributed by atoms with E-state index >= 15 is 0 Å². The first-order valence-electron chi connectivity index (χ1n) is 9.33. The number of alkyl halides is 1. The average Bonchev–Trinajstić information content (AvgIpc) is 3.09. The maximum Gasteiger partial charge on any atom is 0.225 e. The summed E-state index contributed by atoms with van der Waals surface area (Å²) in [5.74, 6) is -0.442. The van der Waals surface area contributed by atoms with Crippen molar-refractivity contribution < 1.29 is 9.18 Å². The zero-order valence-electron chi connectivity index (χ0n) is 14.6. The molecule has 1 aromatic heterocycles. The number of halogens is 1. The second-order valence-electron chi connectivity index (χ2n) is 6.35. The third kappa shape index (κ3) is 9.85. The van der Waals surface area contributed by atoms with Crippen molar-refractivity contribution >= 4 is 17.1 Å². The number of carbonyl (C=O) groups excluding carboxylic acids is 1. The van der Waals surface area contributed by atoms with Crippen LogP contribution in [0.4, 0.5) is 4.39 Å². The molecule has 0 aliphatic heterocycles. The molecule has 4 heteroatoms. The second kappa shape index (κ2) is 13.6. The van der Waals surface area contributed by atoms with Gasteiger partial charge in [-0.1, -0.05) is 84.0 Å². The van der Waals surface area contributed by atoms with Crippen LogP contribution in [0.5, 0.6) is 0 Å². The molecule has 1 unspecified atom stereocenters. The highest BCUT2D eigenvalue weighted by Gasteiger charge is 2.20. The lowest BCUT2D eigenvalue weighted by Crippen LogP contribution is -2.15. The Labute approximate surface area is 144 Å². The molecule has 2 nitrogen and oxygen atoms in total. The molecule has 0 fully saturated rings. The zero-order chi connectivity index (χ0) is 16.8. The van der Waals surface area contributed by atoms with Crippen LogP contribution in [-0.2, 0) is 0 Å². The van der Waals surface area contributed by atoms with Gasteiger partial charge in [0.2, 0.25) is 5.78 Å². The molecule has 23 heavy (non-hydrogen) atoms. The van der Waals surface area contributed by atoms with Crippen molar-refractivity contribution in [2.24, 2.45) is 0 Å². The van der Waals surface area contributed by atoms with Crippen LogP contribution in [0.1, 0.15) is 100 Å². The minimum absolute atomic E-state index is 0.302. The number of ketones is 1. The van der Waals surface area contributed by atoms with E-state index in [1.165, 1.54) is 69.1 Å². The molecule has 0 radical (unpaired) electrons. The van der Waals surface area contributed by atoms with Crippen molar-refractivity contribution in [2.75, 3.05) is 0 Å². The predicted molar refractivity (Wildman–Crippen MR) is 97.0 cm³/mol. The number of rotatable bonds is 15. The highest BCUT2D eigenvalue weighted by molar-refractivity contribution is 7.11. The Morgan fingerprint density at radius 3 is 2.00 bits per heavy atom. The van der Waals surface area contributed by atoms with Gasteiger partial charge in [0.25, 0.3) is 0 Å². The average molecular weight is 342 g/mol. The summed E-state index contributed by atoms with van der Waals surface area (Å²) in [7, 11) is 0. The van der Waals surface area contributed by atoms with Gasteiger partial charge in [-0.3, -0.25) is 4.79 Å². The molecule has 0 spiro atoms. The fourth-order valence-electron chi connectivity index (χ4n) is 2.77. The molecule has 0 aliphatic carbocycles. The summed E-state index contributed by atoms with van der Waals surface area (Å²) in [5, 5.41) is 2.01. The van der Waals surface area contributed by atoms with Crippen molar-refractivity contribution in [1.29, 1.82) is 0 Å². The normalized spacial score (nSPS) is 12.4. The molecule has 0 bridgehead atoms. The van der Waals surface area contributed by atoms with Gasteiger partial charge in [-0.2, -0.15) is 0 Å². The van der Waals surface area contributed by atoms with Gasteiger partial charge in [0, 0.05) is 11.6 Å². The van der Waals surface area contributed by atoms with Crippen molar-refractivity contribution in [1.82, 2.24) is 4.98 Å². The van der Waals surface area contributed by atoms with Crippen molar-refractivity contribution in [3.05, 3.63) is 16.6 Å². The number of hydrogen-bond acceptors (Lipinski definition) is 3.